The van der Waals surface area contributed by atoms with E-state index in [0.717, 1.165) is 0 Å². The van der Waals surface area contributed by atoms with Crippen LogP contribution in [0.3, 0.4) is 0 Å². The second-order valence-corrected chi connectivity index (χ2v) is 5.35. The maximum absolute atomic E-state index is 12.1. The summed E-state index contributed by atoms with van der Waals surface area (Å²) in [5, 5.41) is 10.5. The van der Waals surface area contributed by atoms with Crippen LogP contribution in [0.15, 0.2) is 28.0 Å². The Labute approximate surface area is 111 Å². The number of thioether (sulfide) groups is 2. The van der Waals surface area contributed by atoms with Crippen molar-refractivity contribution in [1.82, 2.24) is 0 Å². The minimum atomic E-state index is -4.73. The number of carboxylic acid groups (broad SMARTS) is 1. The molecule has 0 aliphatic heterocycles. The molecule has 0 heterocycles. The van der Waals surface area contributed by atoms with Crippen LogP contribution in [0, 0.1) is 0 Å². The summed E-state index contributed by atoms with van der Waals surface area (Å²) in [6, 6.07) is 1.82. The van der Waals surface area contributed by atoms with Gasteiger partial charge in [0.25, 0.3) is 0 Å². The zero-order valence-electron chi connectivity index (χ0n) is 8.63. The molecule has 0 spiro atoms. The molecule has 0 saturated carbocycles. The summed E-state index contributed by atoms with van der Waals surface area (Å²) in [6.45, 7) is 0. The lowest BCUT2D eigenvalue weighted by molar-refractivity contribution is -0.255. The fourth-order valence-corrected chi connectivity index (χ4v) is 2.43. The molecule has 0 atom stereocenters. The monoisotopic (exact) mass is 321 g/mol. The molecule has 2 nitrogen and oxygen atoms in total. The predicted octanol–water partition coefficient (Wildman–Crippen LogP) is 3.27. The second-order valence-electron chi connectivity index (χ2n) is 3.08. The SMILES string of the molecule is O=C([O-])c1cc(SC(F)(F)F)cc(SC(F)(F)F)c1. The van der Waals surface area contributed by atoms with Gasteiger partial charge < -0.3 is 9.90 Å². The van der Waals surface area contributed by atoms with Crippen LogP contribution < -0.4 is 5.11 Å². The van der Waals surface area contributed by atoms with Crippen molar-refractivity contribution in [1.29, 1.82) is 0 Å². The summed E-state index contributed by atoms with van der Waals surface area (Å²) < 4.78 is 72.7. The minimum Gasteiger partial charge on any atom is -0.545 e. The van der Waals surface area contributed by atoms with E-state index in [-0.39, 0.29) is 0 Å². The molecule has 0 fully saturated rings. The lowest BCUT2D eigenvalue weighted by Crippen LogP contribution is -2.22. The summed E-state index contributed by atoms with van der Waals surface area (Å²) in [7, 11) is 0. The van der Waals surface area contributed by atoms with Crippen LogP contribution in [0.2, 0.25) is 0 Å². The lowest BCUT2D eigenvalue weighted by atomic mass is 10.2. The third kappa shape index (κ3) is 6.10. The van der Waals surface area contributed by atoms with Gasteiger partial charge in [0, 0.05) is 9.79 Å². The standard InChI is InChI=1S/C9H4F6O2S2/c10-8(11,12)18-5-1-4(7(16)17)2-6(3-5)19-9(13,14)15/h1-3H,(H,16,17)/p-1. The van der Waals surface area contributed by atoms with Gasteiger partial charge in [-0.1, -0.05) is 0 Å². The zero-order valence-corrected chi connectivity index (χ0v) is 10.3. The highest BCUT2D eigenvalue weighted by atomic mass is 32.2. The number of carbonyl (C=O) groups is 1. The molecule has 1 aromatic carbocycles. The first-order chi connectivity index (χ1) is 8.46. The molecule has 0 N–H and O–H groups in total. The van der Waals surface area contributed by atoms with Gasteiger partial charge in [0.1, 0.15) is 0 Å². The molecule has 0 bridgehead atoms. The van der Waals surface area contributed by atoms with Crippen LogP contribution in [-0.4, -0.2) is 17.0 Å². The second kappa shape index (κ2) is 5.53. The average molecular weight is 321 g/mol. The molecule has 0 aliphatic rings. The largest absolute Gasteiger partial charge is 0.545 e. The van der Waals surface area contributed by atoms with Gasteiger partial charge in [-0.3, -0.25) is 0 Å². The van der Waals surface area contributed by atoms with Gasteiger partial charge in [-0.2, -0.15) is 26.3 Å². The number of alkyl halides is 6. The van der Waals surface area contributed by atoms with E-state index < -0.39 is 55.9 Å². The zero-order chi connectivity index (χ0) is 14.8. The molecular formula is C9H3F6O2S2-. The van der Waals surface area contributed by atoms with E-state index in [1.807, 2.05) is 0 Å². The third-order valence-electron chi connectivity index (χ3n) is 1.58. The van der Waals surface area contributed by atoms with Gasteiger partial charge >= 0.3 is 11.0 Å². The quantitative estimate of drug-likeness (QED) is 0.633. The van der Waals surface area contributed by atoms with Crippen molar-refractivity contribution in [2.24, 2.45) is 0 Å². The Morgan fingerprint density at radius 1 is 0.895 bits per heavy atom. The van der Waals surface area contributed by atoms with Crippen molar-refractivity contribution in [3.8, 4) is 0 Å². The molecule has 106 valence electrons. The van der Waals surface area contributed by atoms with E-state index in [1.54, 1.807) is 0 Å². The fraction of sp³-hybridized carbons (Fsp3) is 0.222. The highest BCUT2D eigenvalue weighted by molar-refractivity contribution is 8.01. The van der Waals surface area contributed by atoms with Gasteiger partial charge in [0.2, 0.25) is 0 Å². The van der Waals surface area contributed by atoms with Crippen molar-refractivity contribution >= 4 is 29.5 Å². The minimum absolute atomic E-state index is 0.605. The summed E-state index contributed by atoms with van der Waals surface area (Å²) in [5.74, 6) is -1.85. The van der Waals surface area contributed by atoms with Crippen molar-refractivity contribution in [2.45, 2.75) is 20.8 Å². The van der Waals surface area contributed by atoms with Crippen molar-refractivity contribution in [3.63, 3.8) is 0 Å². The predicted molar refractivity (Wildman–Crippen MR) is 54.6 cm³/mol. The van der Waals surface area contributed by atoms with Crippen molar-refractivity contribution in [2.75, 3.05) is 0 Å². The number of carboxylic acids is 1. The molecule has 0 unspecified atom stereocenters. The Kier molecular flexibility index (Phi) is 4.67. The summed E-state index contributed by atoms with van der Waals surface area (Å²) in [5.41, 5.74) is -10.2. The molecular weight excluding hydrogens is 318 g/mol. The Morgan fingerprint density at radius 2 is 1.26 bits per heavy atom. The van der Waals surface area contributed by atoms with Crippen LogP contribution in [0.5, 0.6) is 0 Å². The van der Waals surface area contributed by atoms with E-state index in [2.05, 4.69) is 0 Å². The summed E-state index contributed by atoms with van der Waals surface area (Å²) in [4.78, 5) is 9.24. The number of rotatable bonds is 3. The first kappa shape index (κ1) is 16.0. The maximum atomic E-state index is 12.1. The van der Waals surface area contributed by atoms with E-state index in [9.17, 15) is 36.2 Å². The Morgan fingerprint density at radius 3 is 1.53 bits per heavy atom. The first-order valence-electron chi connectivity index (χ1n) is 4.34. The Bertz CT molecular complexity index is 448. The maximum Gasteiger partial charge on any atom is 0.446 e. The highest BCUT2D eigenvalue weighted by Gasteiger charge is 2.32. The van der Waals surface area contributed by atoms with Crippen LogP contribution in [0.1, 0.15) is 10.4 Å². The van der Waals surface area contributed by atoms with Crippen LogP contribution in [0.4, 0.5) is 26.3 Å². The molecule has 1 rings (SSSR count). The van der Waals surface area contributed by atoms with Crippen molar-refractivity contribution < 1.29 is 36.2 Å². The van der Waals surface area contributed by atoms with E-state index in [4.69, 9.17) is 0 Å². The van der Waals surface area contributed by atoms with Gasteiger partial charge in [-0.05, 0) is 47.3 Å². The van der Waals surface area contributed by atoms with Gasteiger partial charge in [-0.25, -0.2) is 0 Å². The molecule has 0 amide bonds. The molecule has 1 aromatic rings. The number of hydrogen-bond acceptors (Lipinski definition) is 4. The topological polar surface area (TPSA) is 40.1 Å². The molecule has 0 saturated heterocycles. The van der Waals surface area contributed by atoms with Crippen molar-refractivity contribution in [3.05, 3.63) is 23.8 Å². The molecule has 0 aliphatic carbocycles. The summed E-state index contributed by atoms with van der Waals surface area (Å²) in [6.07, 6.45) is 0. The number of benzene rings is 1. The normalized spacial score (nSPS) is 12.5. The molecule has 10 heteroatoms. The lowest BCUT2D eigenvalue weighted by Gasteiger charge is -2.12. The molecule has 19 heavy (non-hydrogen) atoms. The third-order valence-corrected chi connectivity index (χ3v) is 2.99. The van der Waals surface area contributed by atoms with Gasteiger partial charge in [0.05, 0.1) is 5.97 Å². The molecule has 0 radical (unpaired) electrons. The number of hydrogen-bond donors (Lipinski definition) is 0. The van der Waals surface area contributed by atoms with E-state index in [0.29, 0.717) is 18.2 Å². The van der Waals surface area contributed by atoms with Gasteiger partial charge in [0.15, 0.2) is 0 Å². The highest BCUT2D eigenvalue weighted by Crippen LogP contribution is 2.42. The fourth-order valence-electron chi connectivity index (χ4n) is 1.07. The Balaban J connectivity index is 3.14. The van der Waals surface area contributed by atoms with Crippen LogP contribution in [0.25, 0.3) is 0 Å². The number of halogens is 6. The average Bonchev–Trinajstić information content (AvgIpc) is 2.10. The molecule has 0 aromatic heterocycles. The first-order valence-corrected chi connectivity index (χ1v) is 5.97. The smallest absolute Gasteiger partial charge is 0.446 e. The van der Waals surface area contributed by atoms with Gasteiger partial charge in [-0.15, -0.1) is 0 Å². The number of carbonyl (C=O) groups excluding carboxylic acids is 1. The van der Waals surface area contributed by atoms with E-state index >= 15 is 0 Å². The van der Waals surface area contributed by atoms with E-state index in [1.165, 1.54) is 0 Å². The Hall–Kier alpha value is -1.03. The van der Waals surface area contributed by atoms with Crippen LogP contribution >= 0.6 is 23.5 Å². The number of aromatic carboxylic acids is 1. The summed E-state index contributed by atoms with van der Waals surface area (Å²) >= 11 is -1.40. The van der Waals surface area contributed by atoms with Crippen LogP contribution in [-0.2, 0) is 0 Å².